The van der Waals surface area contributed by atoms with Crippen molar-refractivity contribution in [2.45, 2.75) is 39.3 Å². The summed E-state index contributed by atoms with van der Waals surface area (Å²) in [4.78, 5) is 0. The number of thiophene rings is 1. The molecule has 1 nitrogen and oxygen atoms in total. The van der Waals surface area contributed by atoms with Gasteiger partial charge in [-0.25, -0.2) is 0 Å². The van der Waals surface area contributed by atoms with Crippen molar-refractivity contribution in [1.82, 2.24) is 5.32 Å². The van der Waals surface area contributed by atoms with Crippen LogP contribution >= 0.6 is 22.9 Å². The highest BCUT2D eigenvalue weighted by molar-refractivity contribution is 7.14. The minimum absolute atomic E-state index is 0.559. The van der Waals surface area contributed by atoms with E-state index in [1.807, 2.05) is 6.07 Å². The first-order valence-corrected chi connectivity index (χ1v) is 6.27. The Morgan fingerprint density at radius 3 is 2.79 bits per heavy atom. The Morgan fingerprint density at radius 2 is 2.29 bits per heavy atom. The van der Waals surface area contributed by atoms with E-state index in [2.05, 4.69) is 24.5 Å². The van der Waals surface area contributed by atoms with Crippen LogP contribution in [0.5, 0.6) is 0 Å². The average Bonchev–Trinajstić information content (AvgIpc) is 2.44. The second kappa shape index (κ2) is 3.84. The van der Waals surface area contributed by atoms with Gasteiger partial charge in [-0.1, -0.05) is 25.4 Å². The lowest BCUT2D eigenvalue weighted by Crippen LogP contribution is -2.45. The van der Waals surface area contributed by atoms with Crippen LogP contribution in [-0.4, -0.2) is 6.04 Å². The zero-order valence-electron chi connectivity index (χ0n) is 8.64. The molecule has 1 saturated carbocycles. The monoisotopic (exact) mass is 229 g/mol. The zero-order chi connectivity index (χ0) is 10.2. The second-order valence-electron chi connectivity index (χ2n) is 4.91. The van der Waals surface area contributed by atoms with Gasteiger partial charge in [-0.2, -0.15) is 0 Å². The molecule has 0 unspecified atom stereocenters. The van der Waals surface area contributed by atoms with E-state index in [9.17, 15) is 0 Å². The molecule has 14 heavy (non-hydrogen) atoms. The van der Waals surface area contributed by atoms with Crippen molar-refractivity contribution in [3.05, 3.63) is 21.3 Å². The van der Waals surface area contributed by atoms with Gasteiger partial charge in [0.2, 0.25) is 0 Å². The molecule has 1 aliphatic carbocycles. The number of hydrogen-bond donors (Lipinski definition) is 1. The number of halogens is 1. The molecule has 1 N–H and O–H groups in total. The van der Waals surface area contributed by atoms with Crippen LogP contribution in [0.1, 0.15) is 32.3 Å². The highest BCUT2D eigenvalue weighted by Gasteiger charge is 2.35. The third kappa shape index (κ3) is 2.50. The number of hydrogen-bond acceptors (Lipinski definition) is 2. The van der Waals surface area contributed by atoms with E-state index in [0.29, 0.717) is 11.5 Å². The molecule has 2 rings (SSSR count). The summed E-state index contributed by atoms with van der Waals surface area (Å²) >= 11 is 7.47. The van der Waals surface area contributed by atoms with E-state index in [1.165, 1.54) is 18.4 Å². The summed E-state index contributed by atoms with van der Waals surface area (Å²) in [6, 6.07) is 2.76. The van der Waals surface area contributed by atoms with E-state index in [0.717, 1.165) is 10.9 Å². The molecule has 0 aliphatic heterocycles. The van der Waals surface area contributed by atoms with Crippen molar-refractivity contribution in [3.63, 3.8) is 0 Å². The lowest BCUT2D eigenvalue weighted by atomic mass is 9.68. The molecule has 0 aromatic carbocycles. The highest BCUT2D eigenvalue weighted by atomic mass is 35.5. The molecule has 3 heteroatoms. The molecule has 1 fully saturated rings. The first kappa shape index (κ1) is 10.5. The molecule has 0 bridgehead atoms. The fourth-order valence-electron chi connectivity index (χ4n) is 2.12. The fraction of sp³-hybridized carbons (Fsp3) is 0.636. The van der Waals surface area contributed by atoms with Gasteiger partial charge in [0.15, 0.2) is 0 Å². The van der Waals surface area contributed by atoms with Crippen molar-refractivity contribution >= 4 is 22.9 Å². The van der Waals surface area contributed by atoms with Crippen molar-refractivity contribution in [2.24, 2.45) is 5.41 Å². The third-order valence-corrected chi connectivity index (χ3v) is 3.95. The van der Waals surface area contributed by atoms with Crippen molar-refractivity contribution in [3.8, 4) is 0 Å². The normalized spacial score (nSPS) is 20.8. The average molecular weight is 230 g/mol. The molecule has 1 aliphatic rings. The minimum atomic E-state index is 0.559. The van der Waals surface area contributed by atoms with E-state index >= 15 is 0 Å². The Kier molecular flexibility index (Phi) is 2.87. The molecule has 0 radical (unpaired) electrons. The Balaban J connectivity index is 1.74. The quantitative estimate of drug-likeness (QED) is 0.834. The summed E-state index contributed by atoms with van der Waals surface area (Å²) < 4.78 is 0.885. The third-order valence-electron chi connectivity index (χ3n) is 2.81. The maximum absolute atomic E-state index is 5.86. The Bertz CT molecular complexity index is 311. The minimum Gasteiger partial charge on any atom is -0.310 e. The Hall–Kier alpha value is -0.0500. The first-order chi connectivity index (χ1) is 6.55. The predicted octanol–water partition coefficient (Wildman–Crippen LogP) is 3.68. The lowest BCUT2D eigenvalue weighted by molar-refractivity contribution is 0.125. The van der Waals surface area contributed by atoms with Crippen LogP contribution in [0.3, 0.4) is 0 Å². The summed E-state index contributed by atoms with van der Waals surface area (Å²) in [6.07, 6.45) is 2.59. The number of nitrogens with one attached hydrogen (secondary N) is 1. The van der Waals surface area contributed by atoms with Crippen LogP contribution in [0.25, 0.3) is 0 Å². The van der Waals surface area contributed by atoms with Gasteiger partial charge in [-0.15, -0.1) is 11.3 Å². The molecular formula is C11H16ClNS. The topological polar surface area (TPSA) is 12.0 Å². The summed E-state index contributed by atoms with van der Waals surface area (Å²) in [5, 5.41) is 5.68. The van der Waals surface area contributed by atoms with Crippen LogP contribution in [0.15, 0.2) is 11.4 Å². The summed E-state index contributed by atoms with van der Waals surface area (Å²) in [5.41, 5.74) is 1.87. The van der Waals surface area contributed by atoms with Crippen molar-refractivity contribution in [1.29, 1.82) is 0 Å². The van der Waals surface area contributed by atoms with Crippen molar-refractivity contribution < 1.29 is 0 Å². The molecule has 0 spiro atoms. The Morgan fingerprint density at radius 1 is 1.57 bits per heavy atom. The van der Waals surface area contributed by atoms with Gasteiger partial charge in [0.05, 0.1) is 4.34 Å². The van der Waals surface area contributed by atoms with Crippen LogP contribution in [0, 0.1) is 5.41 Å². The summed E-state index contributed by atoms with van der Waals surface area (Å²) in [5.74, 6) is 0. The van der Waals surface area contributed by atoms with Gasteiger partial charge in [-0.3, -0.25) is 0 Å². The van der Waals surface area contributed by atoms with Crippen LogP contribution < -0.4 is 5.32 Å². The SMILES string of the molecule is CC1(C)CC(NCc2csc(Cl)c2)C1. The number of rotatable bonds is 3. The first-order valence-electron chi connectivity index (χ1n) is 5.01. The van der Waals surface area contributed by atoms with Crippen LogP contribution in [0.4, 0.5) is 0 Å². The molecule has 78 valence electrons. The lowest BCUT2D eigenvalue weighted by Gasteiger charge is -2.43. The Labute approximate surface area is 94.5 Å². The highest BCUT2D eigenvalue weighted by Crippen LogP contribution is 2.39. The maximum atomic E-state index is 5.86. The molecule has 1 aromatic rings. The van der Waals surface area contributed by atoms with E-state index in [4.69, 9.17) is 11.6 Å². The predicted molar refractivity (Wildman–Crippen MR) is 63.0 cm³/mol. The second-order valence-corrected chi connectivity index (χ2v) is 6.45. The molecule has 0 amide bonds. The van der Waals surface area contributed by atoms with E-state index in [-0.39, 0.29) is 0 Å². The maximum Gasteiger partial charge on any atom is 0.0931 e. The van der Waals surface area contributed by atoms with Crippen LogP contribution in [-0.2, 0) is 6.54 Å². The molecule has 0 saturated heterocycles. The fourth-order valence-corrected chi connectivity index (χ4v) is 3.03. The van der Waals surface area contributed by atoms with Gasteiger partial charge in [0.25, 0.3) is 0 Å². The van der Waals surface area contributed by atoms with Gasteiger partial charge in [0.1, 0.15) is 0 Å². The zero-order valence-corrected chi connectivity index (χ0v) is 10.2. The van der Waals surface area contributed by atoms with Crippen molar-refractivity contribution in [2.75, 3.05) is 0 Å². The summed E-state index contributed by atoms with van der Waals surface area (Å²) in [6.45, 7) is 5.61. The van der Waals surface area contributed by atoms with Gasteiger partial charge in [-0.05, 0) is 35.3 Å². The standard InChI is InChI=1S/C11H16ClNS/c1-11(2)4-9(5-11)13-6-8-3-10(12)14-7-8/h3,7,9,13H,4-6H2,1-2H3. The van der Waals surface area contributed by atoms with Gasteiger partial charge in [0, 0.05) is 12.6 Å². The van der Waals surface area contributed by atoms with Crippen LogP contribution in [0.2, 0.25) is 4.34 Å². The molecular weight excluding hydrogens is 214 g/mol. The molecule has 0 atom stereocenters. The van der Waals surface area contributed by atoms with E-state index < -0.39 is 0 Å². The summed E-state index contributed by atoms with van der Waals surface area (Å²) in [7, 11) is 0. The smallest absolute Gasteiger partial charge is 0.0931 e. The largest absolute Gasteiger partial charge is 0.310 e. The van der Waals surface area contributed by atoms with E-state index in [1.54, 1.807) is 11.3 Å². The van der Waals surface area contributed by atoms with Gasteiger partial charge >= 0.3 is 0 Å². The molecule has 1 heterocycles. The van der Waals surface area contributed by atoms with Gasteiger partial charge < -0.3 is 5.32 Å². The molecule has 1 aromatic heterocycles.